The van der Waals surface area contributed by atoms with Crippen LogP contribution in [-0.2, 0) is 19.1 Å². The zero-order chi connectivity index (χ0) is 29.7. The molecule has 1 aromatic heterocycles. The molecule has 2 rings (SSSR count). The molecular weight excluding hydrogens is 516 g/mol. The fourth-order valence-electron chi connectivity index (χ4n) is 4.12. The summed E-state index contributed by atoms with van der Waals surface area (Å²) in [6.07, 6.45) is 3.22. The lowest BCUT2D eigenvalue weighted by atomic mass is 9.88. The molecule has 0 bridgehead atoms. The van der Waals surface area contributed by atoms with Crippen molar-refractivity contribution in [2.24, 2.45) is 11.8 Å². The van der Waals surface area contributed by atoms with Crippen LogP contribution in [0.2, 0.25) is 0 Å². The third-order valence-electron chi connectivity index (χ3n) is 6.35. The van der Waals surface area contributed by atoms with Gasteiger partial charge in [0.25, 0.3) is 5.91 Å². The van der Waals surface area contributed by atoms with Crippen molar-refractivity contribution in [3.05, 3.63) is 48.3 Å². The van der Waals surface area contributed by atoms with Gasteiger partial charge in [0.15, 0.2) is 17.2 Å². The number of esters is 2. The predicted molar refractivity (Wildman–Crippen MR) is 149 cm³/mol. The summed E-state index contributed by atoms with van der Waals surface area (Å²) in [7, 11) is 1.40. The van der Waals surface area contributed by atoms with E-state index in [0.29, 0.717) is 11.7 Å². The van der Waals surface area contributed by atoms with Gasteiger partial charge >= 0.3 is 11.9 Å². The van der Waals surface area contributed by atoms with Crippen LogP contribution in [0.25, 0.3) is 0 Å². The Bertz CT molecular complexity index is 1090. The third kappa shape index (κ3) is 10.1. The molecule has 0 aliphatic carbocycles. The molecule has 0 fully saturated rings. The van der Waals surface area contributed by atoms with Crippen molar-refractivity contribution < 1.29 is 38.1 Å². The van der Waals surface area contributed by atoms with Gasteiger partial charge in [0, 0.05) is 19.2 Å². The Hall–Kier alpha value is -3.82. The monoisotopic (exact) mass is 558 g/mol. The molecule has 0 saturated carbocycles. The first-order chi connectivity index (χ1) is 19.1. The number of para-hydroxylation sites is 1. The summed E-state index contributed by atoms with van der Waals surface area (Å²) in [5.74, 6) is -0.274. The van der Waals surface area contributed by atoms with Gasteiger partial charge in [-0.25, -0.2) is 9.78 Å². The molecule has 10 heteroatoms. The summed E-state index contributed by atoms with van der Waals surface area (Å²) in [5, 5.41) is 2.60. The number of amides is 1. The van der Waals surface area contributed by atoms with E-state index >= 15 is 0 Å². The second kappa shape index (κ2) is 16.3. The number of carbonyl (C=O) groups excluding carboxylic acids is 3. The molecule has 220 valence electrons. The molecule has 0 aliphatic heterocycles. The van der Waals surface area contributed by atoms with Gasteiger partial charge in [0.2, 0.25) is 6.79 Å². The largest absolute Gasteiger partial charge is 0.493 e. The number of ether oxygens (including phenoxy) is 5. The predicted octanol–water partition coefficient (Wildman–Crippen LogP) is 4.95. The molecule has 4 atom stereocenters. The molecule has 0 saturated heterocycles. The zero-order valence-electron chi connectivity index (χ0n) is 24.5. The molecule has 0 unspecified atom stereocenters. The van der Waals surface area contributed by atoms with Gasteiger partial charge in [0.05, 0.1) is 7.11 Å². The highest BCUT2D eigenvalue weighted by molar-refractivity contribution is 5.98. The van der Waals surface area contributed by atoms with Crippen molar-refractivity contribution in [2.45, 2.75) is 79.1 Å². The van der Waals surface area contributed by atoms with Crippen LogP contribution >= 0.6 is 0 Å². The van der Waals surface area contributed by atoms with E-state index in [1.54, 1.807) is 0 Å². The Kier molecular flexibility index (Phi) is 13.2. The van der Waals surface area contributed by atoms with Crippen molar-refractivity contribution in [3.63, 3.8) is 0 Å². The van der Waals surface area contributed by atoms with Crippen molar-refractivity contribution in [3.8, 4) is 17.2 Å². The van der Waals surface area contributed by atoms with Gasteiger partial charge in [-0.1, -0.05) is 45.4 Å². The lowest BCUT2D eigenvalue weighted by Crippen LogP contribution is -2.45. The van der Waals surface area contributed by atoms with Gasteiger partial charge in [0.1, 0.15) is 24.0 Å². The number of methoxy groups -OCH3 is 1. The molecule has 40 heavy (non-hydrogen) atoms. The maximum Gasteiger partial charge on any atom is 0.328 e. The Balaban J connectivity index is 2.14. The summed E-state index contributed by atoms with van der Waals surface area (Å²) < 4.78 is 27.7. The van der Waals surface area contributed by atoms with Crippen molar-refractivity contribution in [1.82, 2.24) is 10.3 Å². The molecular formula is C30H42N2O8. The Morgan fingerprint density at radius 1 is 1.00 bits per heavy atom. The van der Waals surface area contributed by atoms with E-state index in [2.05, 4.69) is 31.1 Å². The first-order valence-electron chi connectivity index (χ1n) is 13.6. The number of hydrogen-bond donors (Lipinski definition) is 1. The topological polar surface area (TPSA) is 122 Å². The minimum atomic E-state index is -1.00. The van der Waals surface area contributed by atoms with Crippen LogP contribution in [0.1, 0.15) is 71.3 Å². The average Bonchev–Trinajstić information content (AvgIpc) is 2.92. The van der Waals surface area contributed by atoms with Crippen molar-refractivity contribution in [2.75, 3.05) is 13.9 Å². The molecule has 0 radical (unpaired) electrons. The third-order valence-corrected chi connectivity index (χ3v) is 6.35. The first kappa shape index (κ1) is 32.4. The summed E-state index contributed by atoms with van der Waals surface area (Å²) in [4.78, 5) is 41.3. The van der Waals surface area contributed by atoms with Crippen LogP contribution in [-0.4, -0.2) is 55.0 Å². The number of hydrogen-bond acceptors (Lipinski definition) is 9. The number of rotatable bonds is 16. The first-order valence-corrected chi connectivity index (χ1v) is 13.6. The lowest BCUT2D eigenvalue weighted by Gasteiger charge is -2.32. The van der Waals surface area contributed by atoms with E-state index in [9.17, 15) is 14.4 Å². The fraction of sp³-hybridized carbons (Fsp3) is 0.533. The summed E-state index contributed by atoms with van der Waals surface area (Å²) in [6, 6.07) is 9.95. The molecule has 1 N–H and O–H groups in total. The van der Waals surface area contributed by atoms with Gasteiger partial charge in [-0.2, -0.15) is 0 Å². The number of carbonyl (C=O) groups is 3. The highest BCUT2D eigenvalue weighted by Crippen LogP contribution is 2.30. The zero-order valence-corrected chi connectivity index (χ0v) is 24.5. The van der Waals surface area contributed by atoms with Crippen LogP contribution in [0.5, 0.6) is 17.2 Å². The van der Waals surface area contributed by atoms with Crippen molar-refractivity contribution >= 4 is 17.8 Å². The molecule has 0 aliphatic rings. The van der Waals surface area contributed by atoms with Gasteiger partial charge in [-0.05, 0) is 50.7 Å². The van der Waals surface area contributed by atoms with Crippen molar-refractivity contribution in [1.29, 1.82) is 0 Å². The molecule has 1 heterocycles. The fourth-order valence-corrected chi connectivity index (χ4v) is 4.12. The Morgan fingerprint density at radius 2 is 1.70 bits per heavy atom. The summed E-state index contributed by atoms with van der Waals surface area (Å²) in [6.45, 7) is 10.6. The standard InChI is InChI=1S/C30H42N2O8/c1-8-23(15-14-19(2)3)27(40-24-12-10-9-11-13-24)21(5)39-30(35)20(4)32-29(34)26-28(38-18-37-22(6)33)25(36-7)16-17-31-26/h9-13,16-17,19-21,23,27H,8,14-15,18H2,1-7H3,(H,32,34)/t20-,21-,23-,27+/m0/s1. The van der Waals surface area contributed by atoms with Gasteiger partial charge < -0.3 is 29.0 Å². The Morgan fingerprint density at radius 3 is 2.30 bits per heavy atom. The number of pyridine rings is 1. The lowest BCUT2D eigenvalue weighted by molar-refractivity contribution is -0.156. The smallest absolute Gasteiger partial charge is 0.328 e. The molecule has 1 amide bonds. The van der Waals surface area contributed by atoms with Crippen LogP contribution in [0.4, 0.5) is 0 Å². The van der Waals surface area contributed by atoms with Crippen LogP contribution in [0.3, 0.4) is 0 Å². The summed E-state index contributed by atoms with van der Waals surface area (Å²) in [5.41, 5.74) is -0.135. The second-order valence-electron chi connectivity index (χ2n) is 9.96. The van der Waals surface area contributed by atoms with Crippen LogP contribution < -0.4 is 19.5 Å². The second-order valence-corrected chi connectivity index (χ2v) is 9.96. The average molecular weight is 559 g/mol. The van der Waals surface area contributed by atoms with E-state index in [0.717, 1.165) is 19.3 Å². The van der Waals surface area contributed by atoms with Crippen LogP contribution in [0.15, 0.2) is 42.6 Å². The SMILES string of the molecule is CC[C@@H](CCC(C)C)[C@H](Oc1ccccc1)[C@H](C)OC(=O)[C@H](C)NC(=O)c1nccc(OC)c1OCOC(C)=O. The van der Waals surface area contributed by atoms with Crippen LogP contribution in [0, 0.1) is 11.8 Å². The normalized spacial score (nSPS) is 13.9. The van der Waals surface area contributed by atoms with E-state index in [4.69, 9.17) is 23.7 Å². The van der Waals surface area contributed by atoms with Gasteiger partial charge in [-0.3, -0.25) is 9.59 Å². The van der Waals surface area contributed by atoms with E-state index in [1.807, 2.05) is 37.3 Å². The Labute approximate surface area is 236 Å². The highest BCUT2D eigenvalue weighted by Gasteiger charge is 2.32. The number of nitrogens with one attached hydrogen (secondary N) is 1. The number of aromatic nitrogens is 1. The number of nitrogens with zero attached hydrogens (tertiary/aromatic N) is 1. The van der Waals surface area contributed by atoms with E-state index in [1.165, 1.54) is 33.2 Å². The minimum absolute atomic E-state index is 0.0232. The quantitative estimate of drug-likeness (QED) is 0.225. The minimum Gasteiger partial charge on any atom is -0.493 e. The molecule has 1 aromatic carbocycles. The van der Waals surface area contributed by atoms with E-state index in [-0.39, 0.29) is 29.2 Å². The summed E-state index contributed by atoms with van der Waals surface area (Å²) >= 11 is 0. The molecule has 2 aromatic rings. The van der Waals surface area contributed by atoms with Gasteiger partial charge in [-0.15, -0.1) is 0 Å². The maximum atomic E-state index is 13.1. The van der Waals surface area contributed by atoms with E-state index < -0.39 is 36.8 Å². The number of benzene rings is 1. The molecule has 10 nitrogen and oxygen atoms in total. The highest BCUT2D eigenvalue weighted by atomic mass is 16.7. The maximum absolute atomic E-state index is 13.1. The molecule has 0 spiro atoms.